The van der Waals surface area contributed by atoms with E-state index in [1.54, 1.807) is 0 Å². The Hall–Kier alpha value is -0.890. The fourth-order valence-corrected chi connectivity index (χ4v) is 4.76. The molecule has 0 aromatic carbocycles. The first-order chi connectivity index (χ1) is 16.5. The highest BCUT2D eigenvalue weighted by molar-refractivity contribution is 6.13. The second-order valence-electron chi connectivity index (χ2n) is 10.2. The standard InChI is InChI=1S/C26H50ClN3O4/c1-23(2)22-28-25(32)14-8-4-10-16-29(17-11-5-9-15-26(33)34-27)18-19-30(20-21-31)24-12-6-3-7-13-24/h23-24,31H,3-22H2,1-2H3,(H,28,32). The molecule has 0 atom stereocenters. The van der Waals surface area contributed by atoms with E-state index in [0.717, 1.165) is 77.8 Å². The van der Waals surface area contributed by atoms with Crippen molar-refractivity contribution >= 4 is 23.7 Å². The van der Waals surface area contributed by atoms with Crippen molar-refractivity contribution in [3.8, 4) is 0 Å². The maximum atomic E-state index is 11.9. The summed E-state index contributed by atoms with van der Waals surface area (Å²) in [6, 6.07) is 0.605. The van der Waals surface area contributed by atoms with Crippen molar-refractivity contribution < 1.29 is 19.0 Å². The third kappa shape index (κ3) is 15.9. The normalized spacial score (nSPS) is 14.8. The van der Waals surface area contributed by atoms with Gasteiger partial charge in [0.2, 0.25) is 5.91 Å². The molecular formula is C26H50ClN3O4. The van der Waals surface area contributed by atoms with E-state index in [-0.39, 0.29) is 18.5 Å². The molecule has 0 radical (unpaired) electrons. The minimum absolute atomic E-state index is 0.160. The molecule has 0 aromatic heterocycles. The Morgan fingerprint density at radius 3 is 2.15 bits per heavy atom. The Balaban J connectivity index is 2.41. The molecule has 0 heterocycles. The van der Waals surface area contributed by atoms with Crippen molar-refractivity contribution in [3.05, 3.63) is 0 Å². The quantitative estimate of drug-likeness (QED) is 0.238. The van der Waals surface area contributed by atoms with Gasteiger partial charge in [-0.15, -0.1) is 0 Å². The summed E-state index contributed by atoms with van der Waals surface area (Å²) in [6.07, 6.45) is 13.3. The van der Waals surface area contributed by atoms with Gasteiger partial charge in [0.25, 0.3) is 0 Å². The average Bonchev–Trinajstić information content (AvgIpc) is 2.84. The Morgan fingerprint density at radius 1 is 0.912 bits per heavy atom. The lowest BCUT2D eigenvalue weighted by Gasteiger charge is -2.35. The van der Waals surface area contributed by atoms with Crippen LogP contribution in [0.3, 0.4) is 0 Å². The first-order valence-corrected chi connectivity index (χ1v) is 13.9. The molecule has 1 amide bonds. The highest BCUT2D eigenvalue weighted by Crippen LogP contribution is 2.22. The third-order valence-corrected chi connectivity index (χ3v) is 6.88. The van der Waals surface area contributed by atoms with Gasteiger partial charge in [0.1, 0.15) is 11.9 Å². The van der Waals surface area contributed by atoms with E-state index >= 15 is 0 Å². The second kappa shape index (κ2) is 20.3. The lowest BCUT2D eigenvalue weighted by Crippen LogP contribution is -2.43. The molecule has 200 valence electrons. The predicted octanol–water partition coefficient (Wildman–Crippen LogP) is 4.51. The average molecular weight is 504 g/mol. The highest BCUT2D eigenvalue weighted by atomic mass is 35.5. The summed E-state index contributed by atoms with van der Waals surface area (Å²) in [7, 11) is 0. The molecule has 1 aliphatic carbocycles. The summed E-state index contributed by atoms with van der Waals surface area (Å²) >= 11 is 5.10. The molecule has 0 aromatic rings. The lowest BCUT2D eigenvalue weighted by molar-refractivity contribution is -0.134. The monoisotopic (exact) mass is 503 g/mol. The summed E-state index contributed by atoms with van der Waals surface area (Å²) in [6.45, 7) is 9.94. The number of aliphatic hydroxyl groups is 1. The first-order valence-electron chi connectivity index (χ1n) is 13.6. The number of nitrogens with one attached hydrogen (secondary N) is 1. The van der Waals surface area contributed by atoms with Gasteiger partial charge in [0, 0.05) is 45.1 Å². The van der Waals surface area contributed by atoms with Gasteiger partial charge in [-0.05, 0) is 57.5 Å². The van der Waals surface area contributed by atoms with Crippen molar-refractivity contribution in [3.63, 3.8) is 0 Å². The van der Waals surface area contributed by atoms with E-state index in [9.17, 15) is 14.7 Å². The van der Waals surface area contributed by atoms with Crippen molar-refractivity contribution in [2.45, 2.75) is 103 Å². The summed E-state index contributed by atoms with van der Waals surface area (Å²) < 4.78 is 4.21. The van der Waals surface area contributed by atoms with Gasteiger partial charge >= 0.3 is 5.97 Å². The van der Waals surface area contributed by atoms with Crippen LogP contribution < -0.4 is 5.32 Å². The summed E-state index contributed by atoms with van der Waals surface area (Å²) in [4.78, 5) is 28.1. The van der Waals surface area contributed by atoms with Crippen LogP contribution in [-0.4, -0.2) is 78.7 Å². The zero-order valence-corrected chi connectivity index (χ0v) is 22.5. The molecule has 0 unspecified atom stereocenters. The Morgan fingerprint density at radius 2 is 1.56 bits per heavy atom. The van der Waals surface area contributed by atoms with Crippen LogP contribution in [-0.2, 0) is 13.9 Å². The van der Waals surface area contributed by atoms with Crippen LogP contribution in [0.15, 0.2) is 0 Å². The number of hydrogen-bond donors (Lipinski definition) is 2. The molecule has 1 rings (SSSR count). The van der Waals surface area contributed by atoms with Crippen molar-refractivity contribution in [1.29, 1.82) is 0 Å². The van der Waals surface area contributed by atoms with E-state index in [0.29, 0.717) is 24.8 Å². The van der Waals surface area contributed by atoms with E-state index in [1.165, 1.54) is 32.1 Å². The number of rotatable bonds is 20. The molecule has 0 spiro atoms. The molecule has 34 heavy (non-hydrogen) atoms. The lowest BCUT2D eigenvalue weighted by atomic mass is 9.94. The summed E-state index contributed by atoms with van der Waals surface area (Å²) in [5.41, 5.74) is 0. The molecule has 0 saturated heterocycles. The molecule has 0 aliphatic heterocycles. The fraction of sp³-hybridized carbons (Fsp3) is 0.923. The number of amides is 1. The van der Waals surface area contributed by atoms with Crippen LogP contribution in [0.4, 0.5) is 0 Å². The zero-order chi connectivity index (χ0) is 25.0. The highest BCUT2D eigenvalue weighted by Gasteiger charge is 2.21. The smallest absolute Gasteiger partial charge is 0.324 e. The maximum Gasteiger partial charge on any atom is 0.324 e. The molecule has 1 fully saturated rings. The molecule has 1 aliphatic rings. The van der Waals surface area contributed by atoms with E-state index in [1.807, 2.05) is 0 Å². The van der Waals surface area contributed by atoms with Gasteiger partial charge < -0.3 is 19.6 Å². The van der Waals surface area contributed by atoms with Crippen LogP contribution in [0, 0.1) is 5.92 Å². The first kappa shape index (κ1) is 31.1. The second-order valence-corrected chi connectivity index (χ2v) is 10.3. The Kier molecular flexibility index (Phi) is 18.6. The third-order valence-electron chi connectivity index (χ3n) is 6.71. The topological polar surface area (TPSA) is 82.1 Å². The van der Waals surface area contributed by atoms with Crippen LogP contribution in [0.2, 0.25) is 0 Å². The number of carbonyl (C=O) groups is 2. The van der Waals surface area contributed by atoms with Crippen LogP contribution in [0.1, 0.15) is 97.3 Å². The van der Waals surface area contributed by atoms with Crippen molar-refractivity contribution in [2.75, 3.05) is 45.9 Å². The largest absolute Gasteiger partial charge is 0.395 e. The summed E-state index contributed by atoms with van der Waals surface area (Å²) in [5, 5.41) is 12.6. The van der Waals surface area contributed by atoms with E-state index in [2.05, 4.69) is 33.3 Å². The van der Waals surface area contributed by atoms with Crippen LogP contribution in [0.5, 0.6) is 0 Å². The van der Waals surface area contributed by atoms with Gasteiger partial charge in [-0.3, -0.25) is 14.5 Å². The number of aliphatic hydroxyl groups excluding tert-OH is 1. The van der Waals surface area contributed by atoms with Gasteiger partial charge in [0.15, 0.2) is 0 Å². The molecule has 7 nitrogen and oxygen atoms in total. The maximum absolute atomic E-state index is 11.9. The van der Waals surface area contributed by atoms with E-state index in [4.69, 9.17) is 11.9 Å². The zero-order valence-electron chi connectivity index (χ0n) is 21.7. The fourth-order valence-electron chi connectivity index (χ4n) is 4.68. The summed E-state index contributed by atoms with van der Waals surface area (Å²) in [5.74, 6) is 0.285. The molecule has 2 N–H and O–H groups in total. The van der Waals surface area contributed by atoms with Gasteiger partial charge in [-0.2, -0.15) is 0 Å². The Labute approximate surface area is 213 Å². The minimum atomic E-state index is -0.358. The van der Waals surface area contributed by atoms with Gasteiger partial charge in [0.05, 0.1) is 6.61 Å². The number of carbonyl (C=O) groups excluding carboxylic acids is 2. The SMILES string of the molecule is CC(C)CNC(=O)CCCCCN(CCCCCC(=O)OCl)CCN(CCO)C1CCCCC1. The molecular weight excluding hydrogens is 454 g/mol. The van der Waals surface area contributed by atoms with Crippen LogP contribution in [0.25, 0.3) is 0 Å². The number of unbranched alkanes of at least 4 members (excludes halogenated alkanes) is 4. The predicted molar refractivity (Wildman–Crippen MR) is 139 cm³/mol. The number of nitrogens with zero attached hydrogens (tertiary/aromatic N) is 2. The van der Waals surface area contributed by atoms with Gasteiger partial charge in [-0.1, -0.05) is 46.0 Å². The number of hydrogen-bond acceptors (Lipinski definition) is 6. The number of halogens is 1. The minimum Gasteiger partial charge on any atom is -0.395 e. The Bertz CT molecular complexity index is 530. The van der Waals surface area contributed by atoms with Gasteiger partial charge in [-0.25, -0.2) is 0 Å². The van der Waals surface area contributed by atoms with Crippen molar-refractivity contribution in [1.82, 2.24) is 15.1 Å². The molecule has 0 bridgehead atoms. The van der Waals surface area contributed by atoms with Crippen molar-refractivity contribution in [2.24, 2.45) is 5.92 Å². The molecule has 8 heteroatoms. The molecule has 1 saturated carbocycles. The van der Waals surface area contributed by atoms with Crippen LogP contribution >= 0.6 is 11.9 Å². The van der Waals surface area contributed by atoms with E-state index < -0.39 is 0 Å².